The minimum absolute atomic E-state index is 0.0208. The first-order chi connectivity index (χ1) is 15.3. The van der Waals surface area contributed by atoms with Gasteiger partial charge in [0, 0.05) is 42.9 Å². The van der Waals surface area contributed by atoms with Crippen LogP contribution >= 0.6 is 11.6 Å². The average molecular weight is 466 g/mol. The maximum absolute atomic E-state index is 13.6. The Kier molecular flexibility index (Phi) is 6.91. The Morgan fingerprint density at radius 2 is 1.91 bits per heavy atom. The van der Waals surface area contributed by atoms with E-state index < -0.39 is 11.7 Å². The Morgan fingerprint density at radius 3 is 2.59 bits per heavy atom. The predicted octanol–water partition coefficient (Wildman–Crippen LogP) is 5.36. The van der Waals surface area contributed by atoms with E-state index in [9.17, 15) is 13.2 Å². The zero-order valence-electron chi connectivity index (χ0n) is 17.3. The van der Waals surface area contributed by atoms with Crippen molar-refractivity contribution in [2.24, 2.45) is 0 Å². The number of ether oxygens (including phenoxy) is 2. The molecule has 2 aliphatic rings. The molecule has 2 aliphatic heterocycles. The highest BCUT2D eigenvalue weighted by atomic mass is 35.5. The van der Waals surface area contributed by atoms with E-state index in [-0.39, 0.29) is 29.5 Å². The van der Waals surface area contributed by atoms with Crippen LogP contribution in [0.4, 0.5) is 24.5 Å². The van der Waals surface area contributed by atoms with Crippen molar-refractivity contribution in [3.63, 3.8) is 0 Å². The van der Waals surface area contributed by atoms with Gasteiger partial charge in [-0.1, -0.05) is 35.9 Å². The van der Waals surface area contributed by atoms with Crippen LogP contribution in [0, 0.1) is 6.57 Å². The van der Waals surface area contributed by atoms with Gasteiger partial charge in [0.15, 0.2) is 6.29 Å². The van der Waals surface area contributed by atoms with E-state index in [0.29, 0.717) is 37.7 Å². The van der Waals surface area contributed by atoms with E-state index in [4.69, 9.17) is 27.6 Å². The van der Waals surface area contributed by atoms with Gasteiger partial charge < -0.3 is 14.4 Å². The fraction of sp³-hybridized carbons (Fsp3) is 0.435. The number of benzene rings is 2. The fourth-order valence-electron chi connectivity index (χ4n) is 4.27. The molecule has 0 aliphatic carbocycles. The zero-order chi connectivity index (χ0) is 22.7. The monoisotopic (exact) mass is 465 g/mol. The second-order valence-electron chi connectivity index (χ2n) is 7.90. The van der Waals surface area contributed by atoms with Crippen molar-refractivity contribution in [2.45, 2.75) is 31.5 Å². The summed E-state index contributed by atoms with van der Waals surface area (Å²) in [6, 6.07) is 10.6. The van der Waals surface area contributed by atoms with Gasteiger partial charge in [0.25, 0.3) is 0 Å². The number of halogens is 4. The number of hydrogen-bond donors (Lipinski definition) is 0. The summed E-state index contributed by atoms with van der Waals surface area (Å²) < 4.78 is 51.9. The molecule has 9 heteroatoms. The lowest BCUT2D eigenvalue weighted by molar-refractivity contribution is -0.138. The Balaban J connectivity index is 1.61. The maximum Gasteiger partial charge on any atom is 0.416 e. The third kappa shape index (κ3) is 5.18. The zero-order valence-corrected chi connectivity index (χ0v) is 18.1. The number of anilines is 1. The Bertz CT molecular complexity index is 989. The molecule has 0 amide bonds. The van der Waals surface area contributed by atoms with Crippen molar-refractivity contribution in [3.8, 4) is 0 Å². The molecule has 0 spiro atoms. The van der Waals surface area contributed by atoms with Gasteiger partial charge in [-0.25, -0.2) is 4.85 Å². The molecule has 2 fully saturated rings. The molecule has 4 rings (SSSR count). The number of rotatable bonds is 6. The highest BCUT2D eigenvalue weighted by Gasteiger charge is 2.35. The summed E-state index contributed by atoms with van der Waals surface area (Å²) in [5, 5.41) is 0.286. The van der Waals surface area contributed by atoms with Gasteiger partial charge in [-0.3, -0.25) is 4.90 Å². The third-order valence-electron chi connectivity index (χ3n) is 5.83. The molecular weight excluding hydrogens is 443 g/mol. The van der Waals surface area contributed by atoms with Gasteiger partial charge in [0.05, 0.1) is 25.3 Å². The summed E-state index contributed by atoms with van der Waals surface area (Å²) in [4.78, 5) is 7.55. The van der Waals surface area contributed by atoms with Gasteiger partial charge in [-0.05, 0) is 30.2 Å². The molecule has 170 valence electrons. The quantitative estimate of drug-likeness (QED) is 0.537. The Labute approximate surface area is 190 Å². The van der Waals surface area contributed by atoms with E-state index in [1.807, 2.05) is 4.90 Å². The molecule has 2 aromatic carbocycles. The largest absolute Gasteiger partial charge is 0.416 e. The summed E-state index contributed by atoms with van der Waals surface area (Å²) in [7, 11) is 0. The van der Waals surface area contributed by atoms with Gasteiger partial charge in [-0.2, -0.15) is 13.2 Å². The van der Waals surface area contributed by atoms with Crippen molar-refractivity contribution in [2.75, 3.05) is 37.7 Å². The Hall–Kier alpha value is -2.31. The van der Waals surface area contributed by atoms with Gasteiger partial charge in [0.1, 0.15) is 0 Å². The number of nitrogens with zero attached hydrogens (tertiary/aromatic N) is 3. The normalized spacial score (nSPS) is 19.9. The van der Waals surface area contributed by atoms with E-state index in [2.05, 4.69) is 9.74 Å². The molecule has 2 saturated heterocycles. The molecule has 5 nitrogen and oxygen atoms in total. The average Bonchev–Trinajstić information content (AvgIpc) is 3.44. The second-order valence-corrected chi connectivity index (χ2v) is 8.31. The summed E-state index contributed by atoms with van der Waals surface area (Å²) in [5.74, 6) is 0. The van der Waals surface area contributed by atoms with E-state index in [0.717, 1.165) is 19.0 Å². The fourth-order valence-corrected chi connectivity index (χ4v) is 4.49. The van der Waals surface area contributed by atoms with Crippen LogP contribution in [-0.4, -0.2) is 50.1 Å². The molecule has 0 aromatic heterocycles. The smallest absolute Gasteiger partial charge is 0.363 e. The first-order valence-corrected chi connectivity index (χ1v) is 10.8. The van der Waals surface area contributed by atoms with Crippen LogP contribution in [-0.2, 0) is 22.2 Å². The van der Waals surface area contributed by atoms with Gasteiger partial charge in [0.2, 0.25) is 5.69 Å². The lowest BCUT2D eigenvalue weighted by atomic mass is 10.0. The molecule has 2 aromatic rings. The summed E-state index contributed by atoms with van der Waals surface area (Å²) in [6.45, 7) is 10.5. The standard InChI is InChI=1S/C23H23ClF3N3O2/c1-28-21-7-6-17(12-20(21)24)30(13-16-4-2-3-5-19(16)23(25,26)27)18-8-9-29(14-18)15-22-31-10-11-32-22/h2-7,12,18,22H,8-11,13-15H2/t18-/m0/s1. The van der Waals surface area contributed by atoms with Crippen molar-refractivity contribution in [3.05, 3.63) is 70.0 Å². The molecule has 0 saturated carbocycles. The highest BCUT2D eigenvalue weighted by Crippen LogP contribution is 2.36. The third-order valence-corrected chi connectivity index (χ3v) is 6.14. The molecule has 1 atom stereocenters. The van der Waals surface area contributed by atoms with Crippen LogP contribution in [0.15, 0.2) is 42.5 Å². The lowest BCUT2D eigenvalue weighted by Gasteiger charge is -2.33. The summed E-state index contributed by atoms with van der Waals surface area (Å²) in [6.07, 6.45) is -3.92. The molecule has 0 bridgehead atoms. The minimum atomic E-state index is -4.44. The lowest BCUT2D eigenvalue weighted by Crippen LogP contribution is -2.39. The van der Waals surface area contributed by atoms with Gasteiger partial charge >= 0.3 is 6.18 Å². The molecule has 2 heterocycles. The molecular formula is C23H23ClF3N3O2. The van der Waals surface area contributed by atoms with Crippen LogP contribution in [0.25, 0.3) is 4.85 Å². The SMILES string of the molecule is [C-]#[N+]c1ccc(N(Cc2ccccc2C(F)(F)F)[C@H]2CCN(CC3OCCO3)C2)cc1Cl. The van der Waals surface area contributed by atoms with Crippen LogP contribution < -0.4 is 4.90 Å². The van der Waals surface area contributed by atoms with Gasteiger partial charge in [-0.15, -0.1) is 0 Å². The van der Waals surface area contributed by atoms with Crippen LogP contribution in [0.3, 0.4) is 0 Å². The van der Waals surface area contributed by atoms with Crippen LogP contribution in [0.1, 0.15) is 17.5 Å². The minimum Gasteiger partial charge on any atom is -0.363 e. The molecule has 0 radical (unpaired) electrons. The van der Waals surface area contributed by atoms with E-state index >= 15 is 0 Å². The van der Waals surface area contributed by atoms with Crippen molar-refractivity contribution >= 4 is 23.0 Å². The second kappa shape index (κ2) is 9.67. The number of likely N-dealkylation sites (tertiary alicyclic amines) is 1. The first kappa shape index (κ1) is 22.9. The summed E-state index contributed by atoms with van der Waals surface area (Å²) >= 11 is 6.27. The maximum atomic E-state index is 13.6. The van der Waals surface area contributed by atoms with Crippen LogP contribution in [0.5, 0.6) is 0 Å². The highest BCUT2D eigenvalue weighted by molar-refractivity contribution is 6.33. The molecule has 0 N–H and O–H groups in total. The molecule has 0 unspecified atom stereocenters. The topological polar surface area (TPSA) is 29.3 Å². The summed E-state index contributed by atoms with van der Waals surface area (Å²) in [5.41, 5.74) is 0.567. The number of alkyl halides is 3. The first-order valence-electron chi connectivity index (χ1n) is 10.4. The van der Waals surface area contributed by atoms with E-state index in [1.165, 1.54) is 12.1 Å². The van der Waals surface area contributed by atoms with E-state index in [1.54, 1.807) is 24.3 Å². The van der Waals surface area contributed by atoms with Crippen molar-refractivity contribution < 1.29 is 22.6 Å². The van der Waals surface area contributed by atoms with Crippen LogP contribution in [0.2, 0.25) is 5.02 Å². The Morgan fingerprint density at radius 1 is 1.16 bits per heavy atom. The predicted molar refractivity (Wildman–Crippen MR) is 116 cm³/mol. The van der Waals surface area contributed by atoms with Crippen molar-refractivity contribution in [1.82, 2.24) is 4.90 Å². The number of hydrogen-bond acceptors (Lipinski definition) is 4. The van der Waals surface area contributed by atoms with Crippen molar-refractivity contribution in [1.29, 1.82) is 0 Å². The molecule has 32 heavy (non-hydrogen) atoms.